The molecule has 0 aliphatic heterocycles. The van der Waals surface area contributed by atoms with Gasteiger partial charge >= 0.3 is 14.2 Å². The molecule has 40 heavy (non-hydrogen) atoms. The molecule has 0 saturated carbocycles. The van der Waals surface area contributed by atoms with Crippen LogP contribution in [0.1, 0.15) is 47.9 Å². The van der Waals surface area contributed by atoms with E-state index >= 15 is 0 Å². The molecule has 0 unspecified atom stereocenters. The Hall–Kier alpha value is -2.53. The minimum atomic E-state index is -1.50. The van der Waals surface area contributed by atoms with Gasteiger partial charge in [0.25, 0.3) is 0 Å². The molecule has 8 nitrogen and oxygen atoms in total. The van der Waals surface area contributed by atoms with Crippen molar-refractivity contribution in [2.24, 2.45) is 11.5 Å². The molecule has 0 fully saturated rings. The molecular weight excluding hydrogens is 502 g/mol. The summed E-state index contributed by atoms with van der Waals surface area (Å²) in [5, 5.41) is 39.3. The Morgan fingerprint density at radius 1 is 0.500 bits per heavy atom. The molecule has 0 amide bonds. The Labute approximate surface area is 239 Å². The fourth-order valence-electron chi connectivity index (χ4n) is 5.00. The van der Waals surface area contributed by atoms with Crippen molar-refractivity contribution in [1.29, 1.82) is 0 Å². The van der Waals surface area contributed by atoms with E-state index in [0.29, 0.717) is 37.1 Å². The molecule has 8 N–H and O–H groups in total. The number of hydrogen-bond donors (Lipinski definition) is 6. The number of rotatable bonds is 18. The lowest BCUT2D eigenvalue weighted by atomic mass is 9.77. The van der Waals surface area contributed by atoms with E-state index in [1.807, 2.05) is 36.4 Å². The van der Waals surface area contributed by atoms with Crippen molar-refractivity contribution in [3.05, 3.63) is 95.1 Å². The minimum Gasteiger partial charge on any atom is -0.423 e. The van der Waals surface area contributed by atoms with Crippen LogP contribution in [0.15, 0.2) is 72.8 Å². The normalized spacial score (nSPS) is 11.4. The van der Waals surface area contributed by atoms with Crippen molar-refractivity contribution < 1.29 is 20.1 Å². The van der Waals surface area contributed by atoms with Crippen LogP contribution in [0.3, 0.4) is 0 Å². The Morgan fingerprint density at radius 2 is 0.875 bits per heavy atom. The van der Waals surface area contributed by atoms with Gasteiger partial charge in [0.2, 0.25) is 0 Å². The van der Waals surface area contributed by atoms with E-state index < -0.39 is 14.2 Å². The van der Waals surface area contributed by atoms with Crippen LogP contribution in [-0.4, -0.2) is 70.3 Å². The van der Waals surface area contributed by atoms with Gasteiger partial charge in [-0.1, -0.05) is 72.8 Å². The zero-order chi connectivity index (χ0) is 28.7. The van der Waals surface area contributed by atoms with E-state index in [4.69, 9.17) is 11.5 Å². The van der Waals surface area contributed by atoms with E-state index in [9.17, 15) is 20.1 Å². The fraction of sp³-hybridized carbons (Fsp3) is 0.400. The molecule has 0 aliphatic carbocycles. The quantitative estimate of drug-likeness (QED) is 0.100. The molecule has 214 valence electrons. The molecule has 10 heteroatoms. The maximum Gasteiger partial charge on any atom is 0.488 e. The van der Waals surface area contributed by atoms with Crippen LogP contribution >= 0.6 is 0 Å². The third-order valence-electron chi connectivity index (χ3n) is 7.15. The molecule has 0 saturated heterocycles. The lowest BCUT2D eigenvalue weighted by molar-refractivity contribution is 0.250. The molecule has 0 spiro atoms. The van der Waals surface area contributed by atoms with Gasteiger partial charge in [0, 0.05) is 26.2 Å². The van der Waals surface area contributed by atoms with Crippen molar-refractivity contribution >= 4 is 25.2 Å². The van der Waals surface area contributed by atoms with Crippen LogP contribution in [-0.2, 0) is 26.2 Å². The van der Waals surface area contributed by atoms with Gasteiger partial charge in [-0.3, -0.25) is 9.80 Å². The highest BCUT2D eigenvalue weighted by atomic mass is 16.4. The first-order chi connectivity index (χ1) is 19.4. The first-order valence-electron chi connectivity index (χ1n) is 14.2. The number of unbranched alkanes of at least 4 members (excludes halogenated alkanes) is 2. The minimum absolute atomic E-state index is 0.534. The van der Waals surface area contributed by atoms with Crippen LogP contribution in [0.2, 0.25) is 0 Å². The highest BCUT2D eigenvalue weighted by molar-refractivity contribution is 6.59. The molecule has 0 heterocycles. The van der Waals surface area contributed by atoms with E-state index in [1.54, 1.807) is 12.1 Å². The SMILES string of the molecule is NCCCCN(Cc1ccc(CN(CCCCN)Cc2ccccc2B(O)O)cc1)Cc1ccccc1B(O)O. The number of nitrogens with zero attached hydrogens (tertiary/aromatic N) is 2. The van der Waals surface area contributed by atoms with Crippen molar-refractivity contribution in [2.45, 2.75) is 51.9 Å². The first kappa shape index (κ1) is 32.0. The summed E-state index contributed by atoms with van der Waals surface area (Å²) in [5.41, 5.74) is 16.7. The van der Waals surface area contributed by atoms with Gasteiger partial charge in [0.05, 0.1) is 0 Å². The van der Waals surface area contributed by atoms with E-state index in [-0.39, 0.29) is 0 Å². The van der Waals surface area contributed by atoms with E-state index in [2.05, 4.69) is 34.1 Å². The molecule has 0 atom stereocenters. The molecule has 3 aromatic carbocycles. The van der Waals surface area contributed by atoms with Gasteiger partial charge in [0.1, 0.15) is 0 Å². The number of hydrogen-bond acceptors (Lipinski definition) is 8. The van der Waals surface area contributed by atoms with Gasteiger partial charge in [-0.25, -0.2) is 0 Å². The summed E-state index contributed by atoms with van der Waals surface area (Å²) < 4.78 is 0. The topological polar surface area (TPSA) is 139 Å². The standard InChI is InChI=1S/C30H44B2N4O4/c33-17-5-7-19-35(23-27-9-1-3-11-29(27)31(37)38)21-25-13-15-26(16-14-25)22-36(20-8-6-18-34)24-28-10-2-4-12-30(28)32(39)40/h1-4,9-16,37-40H,5-8,17-24,33-34H2. The Kier molecular flexibility index (Phi) is 13.9. The van der Waals surface area contributed by atoms with E-state index in [0.717, 1.165) is 63.0 Å². The average molecular weight is 546 g/mol. The Morgan fingerprint density at radius 3 is 1.23 bits per heavy atom. The van der Waals surface area contributed by atoms with Crippen LogP contribution in [0.25, 0.3) is 0 Å². The summed E-state index contributed by atoms with van der Waals surface area (Å²) in [6.45, 7) is 5.73. The zero-order valence-corrected chi connectivity index (χ0v) is 23.4. The van der Waals surface area contributed by atoms with Gasteiger partial charge in [-0.05, 0) is 85.0 Å². The van der Waals surface area contributed by atoms with Crippen molar-refractivity contribution in [1.82, 2.24) is 9.80 Å². The third-order valence-corrected chi connectivity index (χ3v) is 7.15. The molecule has 0 aliphatic rings. The van der Waals surface area contributed by atoms with Gasteiger partial charge < -0.3 is 31.6 Å². The monoisotopic (exact) mass is 546 g/mol. The number of benzene rings is 3. The largest absolute Gasteiger partial charge is 0.488 e. The van der Waals surface area contributed by atoms with Gasteiger partial charge in [-0.15, -0.1) is 0 Å². The lowest BCUT2D eigenvalue weighted by Crippen LogP contribution is -2.36. The maximum atomic E-state index is 9.81. The lowest BCUT2D eigenvalue weighted by Gasteiger charge is -2.25. The Bertz CT molecular complexity index is 1050. The molecule has 0 bridgehead atoms. The summed E-state index contributed by atoms with van der Waals surface area (Å²) >= 11 is 0. The van der Waals surface area contributed by atoms with Crippen molar-refractivity contribution in [3.8, 4) is 0 Å². The second kappa shape index (κ2) is 17.3. The Balaban J connectivity index is 1.70. The summed E-state index contributed by atoms with van der Waals surface area (Å²) in [7, 11) is -3.00. The average Bonchev–Trinajstić information content (AvgIpc) is 2.94. The smallest absolute Gasteiger partial charge is 0.423 e. The van der Waals surface area contributed by atoms with Crippen LogP contribution in [0.4, 0.5) is 0 Å². The predicted molar refractivity (Wildman–Crippen MR) is 164 cm³/mol. The molecule has 0 radical (unpaired) electrons. The van der Waals surface area contributed by atoms with Gasteiger partial charge in [0.15, 0.2) is 0 Å². The number of nitrogens with two attached hydrogens (primary N) is 2. The second-order valence-electron chi connectivity index (χ2n) is 10.4. The summed E-state index contributed by atoms with van der Waals surface area (Å²) in [4.78, 5) is 4.64. The van der Waals surface area contributed by atoms with E-state index in [1.165, 1.54) is 11.1 Å². The zero-order valence-electron chi connectivity index (χ0n) is 23.4. The van der Waals surface area contributed by atoms with Crippen LogP contribution in [0, 0.1) is 0 Å². The molecule has 3 rings (SSSR count). The molecular formula is C30H44B2N4O4. The summed E-state index contributed by atoms with van der Waals surface area (Å²) in [6, 6.07) is 23.5. The summed E-state index contributed by atoms with van der Waals surface area (Å²) in [5.74, 6) is 0. The predicted octanol–water partition coefficient (Wildman–Crippen LogP) is 0.528. The third kappa shape index (κ3) is 10.5. The molecule has 3 aromatic rings. The molecule has 0 aromatic heterocycles. The first-order valence-corrected chi connectivity index (χ1v) is 14.2. The highest BCUT2D eigenvalue weighted by Crippen LogP contribution is 2.15. The van der Waals surface area contributed by atoms with Crippen LogP contribution in [0.5, 0.6) is 0 Å². The van der Waals surface area contributed by atoms with Crippen LogP contribution < -0.4 is 22.4 Å². The van der Waals surface area contributed by atoms with Gasteiger partial charge in [-0.2, -0.15) is 0 Å². The fourth-order valence-corrected chi connectivity index (χ4v) is 5.00. The van der Waals surface area contributed by atoms with Crippen molar-refractivity contribution in [3.63, 3.8) is 0 Å². The summed E-state index contributed by atoms with van der Waals surface area (Å²) in [6.07, 6.45) is 3.83. The highest BCUT2D eigenvalue weighted by Gasteiger charge is 2.19. The maximum absolute atomic E-state index is 9.81. The van der Waals surface area contributed by atoms with Crippen molar-refractivity contribution in [2.75, 3.05) is 26.2 Å². The second-order valence-corrected chi connectivity index (χ2v) is 10.4.